The van der Waals surface area contributed by atoms with Crippen LogP contribution in [0.15, 0.2) is 59.3 Å². The molecule has 1 N–H and O–H groups in total. The summed E-state index contributed by atoms with van der Waals surface area (Å²) in [6.45, 7) is 9.09. The number of hydrogen-bond acceptors (Lipinski definition) is 1. The van der Waals surface area contributed by atoms with Crippen molar-refractivity contribution in [2.45, 2.75) is 18.9 Å². The fraction of sp³-hybridized carbons (Fsp3) is 0.214. The zero-order valence-corrected chi connectivity index (χ0v) is 10.9. The Morgan fingerprint density at radius 3 is 2.69 bits per heavy atom. The van der Waals surface area contributed by atoms with E-state index >= 15 is 0 Å². The van der Waals surface area contributed by atoms with Crippen LogP contribution >= 0.6 is 15.9 Å². The third-order valence-electron chi connectivity index (χ3n) is 2.64. The number of benzene rings is 1. The Morgan fingerprint density at radius 1 is 1.56 bits per heavy atom. The number of rotatable bonds is 4. The van der Waals surface area contributed by atoms with Crippen molar-refractivity contribution in [3.63, 3.8) is 0 Å². The summed E-state index contributed by atoms with van der Waals surface area (Å²) in [4.78, 5) is 0. The molecule has 0 saturated heterocycles. The largest absolute Gasteiger partial charge is 0.380 e. The van der Waals surface area contributed by atoms with E-state index in [-0.39, 0.29) is 0 Å². The molecule has 84 valence electrons. The average molecular weight is 279 g/mol. The van der Waals surface area contributed by atoms with Gasteiger partial charge in [0.05, 0.1) is 0 Å². The van der Waals surface area contributed by atoms with Gasteiger partial charge in [-0.2, -0.15) is 0 Å². The Balaban J connectivity index is 3.38. The third-order valence-corrected chi connectivity index (χ3v) is 3.34. The highest BCUT2D eigenvalue weighted by Gasteiger charge is 2.31. The van der Waals surface area contributed by atoms with E-state index in [4.69, 9.17) is 0 Å². The van der Waals surface area contributed by atoms with Crippen molar-refractivity contribution in [3.05, 3.63) is 64.8 Å². The molecule has 0 bridgehead atoms. The van der Waals surface area contributed by atoms with Gasteiger partial charge in [-0.05, 0) is 13.0 Å². The van der Waals surface area contributed by atoms with Crippen molar-refractivity contribution in [1.82, 2.24) is 0 Å². The molecule has 1 aromatic rings. The predicted molar refractivity (Wildman–Crippen MR) is 71.2 cm³/mol. The van der Waals surface area contributed by atoms with E-state index in [1.807, 2.05) is 31.2 Å². The van der Waals surface area contributed by atoms with Crippen LogP contribution in [0.3, 0.4) is 0 Å². The fourth-order valence-corrected chi connectivity index (χ4v) is 2.23. The van der Waals surface area contributed by atoms with Crippen LogP contribution in [0.2, 0.25) is 0 Å². The SMILES string of the molecule is C=C=C(C)C(O)(CC=C)c1ccccc1Br. The lowest BCUT2D eigenvalue weighted by molar-refractivity contribution is 0.0791. The van der Waals surface area contributed by atoms with Crippen LogP contribution in [0.25, 0.3) is 0 Å². The Bertz CT molecular complexity index is 444. The molecule has 0 heterocycles. The molecular formula is C14H15BrO. The van der Waals surface area contributed by atoms with E-state index in [2.05, 4.69) is 34.8 Å². The molecule has 16 heavy (non-hydrogen) atoms. The molecule has 0 amide bonds. The van der Waals surface area contributed by atoms with Crippen molar-refractivity contribution >= 4 is 15.9 Å². The number of hydrogen-bond donors (Lipinski definition) is 1. The molecule has 0 aliphatic rings. The van der Waals surface area contributed by atoms with Crippen molar-refractivity contribution in [3.8, 4) is 0 Å². The summed E-state index contributed by atoms with van der Waals surface area (Å²) in [6, 6.07) is 7.59. The Hall–Kier alpha value is -1.08. The van der Waals surface area contributed by atoms with Gasteiger partial charge in [0, 0.05) is 22.0 Å². The average Bonchev–Trinajstić information content (AvgIpc) is 2.28. The van der Waals surface area contributed by atoms with Crippen LogP contribution in [0.1, 0.15) is 18.9 Å². The van der Waals surface area contributed by atoms with E-state index in [1.165, 1.54) is 0 Å². The first-order valence-electron chi connectivity index (χ1n) is 5.01. The maximum Gasteiger partial charge on any atom is 0.122 e. The molecule has 0 aromatic heterocycles. The van der Waals surface area contributed by atoms with Crippen molar-refractivity contribution < 1.29 is 5.11 Å². The topological polar surface area (TPSA) is 20.2 Å². The zero-order chi connectivity index (χ0) is 12.2. The van der Waals surface area contributed by atoms with Crippen molar-refractivity contribution in [2.24, 2.45) is 0 Å². The minimum Gasteiger partial charge on any atom is -0.380 e. The van der Waals surface area contributed by atoms with Crippen LogP contribution in [0, 0.1) is 0 Å². The molecule has 0 radical (unpaired) electrons. The van der Waals surface area contributed by atoms with Crippen molar-refractivity contribution in [2.75, 3.05) is 0 Å². The predicted octanol–water partition coefficient (Wildman–Crippen LogP) is 3.94. The van der Waals surface area contributed by atoms with E-state index in [9.17, 15) is 5.11 Å². The second kappa shape index (κ2) is 5.31. The van der Waals surface area contributed by atoms with E-state index in [0.717, 1.165) is 10.0 Å². The maximum absolute atomic E-state index is 10.7. The van der Waals surface area contributed by atoms with Gasteiger partial charge >= 0.3 is 0 Å². The fourth-order valence-electron chi connectivity index (χ4n) is 1.62. The molecule has 0 aliphatic carbocycles. The van der Waals surface area contributed by atoms with Gasteiger partial charge in [0.15, 0.2) is 0 Å². The summed E-state index contributed by atoms with van der Waals surface area (Å²) in [7, 11) is 0. The van der Waals surface area contributed by atoms with Crippen LogP contribution in [0.4, 0.5) is 0 Å². The molecule has 2 heteroatoms. The molecule has 0 saturated carbocycles. The number of aliphatic hydroxyl groups is 1. The lowest BCUT2D eigenvalue weighted by Gasteiger charge is -2.28. The maximum atomic E-state index is 10.7. The van der Waals surface area contributed by atoms with Gasteiger partial charge in [-0.1, -0.05) is 46.8 Å². The molecule has 0 aliphatic heterocycles. The lowest BCUT2D eigenvalue weighted by Crippen LogP contribution is -2.26. The minimum atomic E-state index is -1.08. The van der Waals surface area contributed by atoms with Gasteiger partial charge in [0.2, 0.25) is 0 Å². The number of halogens is 1. The molecule has 1 nitrogen and oxygen atoms in total. The summed E-state index contributed by atoms with van der Waals surface area (Å²) in [5.74, 6) is 0. The van der Waals surface area contributed by atoms with Gasteiger partial charge in [0.25, 0.3) is 0 Å². The smallest absolute Gasteiger partial charge is 0.122 e. The lowest BCUT2D eigenvalue weighted by atomic mass is 9.84. The second-order valence-corrected chi connectivity index (χ2v) is 4.49. The summed E-state index contributed by atoms with van der Waals surface area (Å²) < 4.78 is 0.869. The normalized spacial score (nSPS) is 13.7. The monoisotopic (exact) mass is 278 g/mol. The highest BCUT2D eigenvalue weighted by molar-refractivity contribution is 9.10. The summed E-state index contributed by atoms with van der Waals surface area (Å²) in [5.41, 5.74) is 3.19. The summed E-state index contributed by atoms with van der Waals surface area (Å²) in [6.07, 6.45) is 2.13. The van der Waals surface area contributed by atoms with E-state index in [0.29, 0.717) is 12.0 Å². The highest BCUT2D eigenvalue weighted by Crippen LogP contribution is 2.36. The molecule has 1 rings (SSSR count). The minimum absolute atomic E-state index is 0.434. The van der Waals surface area contributed by atoms with Gasteiger partial charge in [0.1, 0.15) is 5.60 Å². The van der Waals surface area contributed by atoms with Gasteiger partial charge in [-0.25, -0.2) is 0 Å². The Labute approximate surface area is 105 Å². The first-order valence-corrected chi connectivity index (χ1v) is 5.81. The highest BCUT2D eigenvalue weighted by atomic mass is 79.9. The Kier molecular flexibility index (Phi) is 4.31. The standard InChI is InChI=1S/C14H15BrO/c1-4-10-14(16,11(3)5-2)12-8-6-7-9-13(12)15/h4,6-9,16H,1-2,10H2,3H3. The summed E-state index contributed by atoms with van der Waals surface area (Å²) >= 11 is 3.44. The molecule has 0 fully saturated rings. The van der Waals surface area contributed by atoms with Crippen LogP contribution in [0.5, 0.6) is 0 Å². The van der Waals surface area contributed by atoms with Crippen molar-refractivity contribution in [1.29, 1.82) is 0 Å². The molecule has 0 spiro atoms. The quantitative estimate of drug-likeness (QED) is 0.653. The molecule has 1 unspecified atom stereocenters. The van der Waals surface area contributed by atoms with Crippen LogP contribution < -0.4 is 0 Å². The van der Waals surface area contributed by atoms with E-state index in [1.54, 1.807) is 6.08 Å². The van der Waals surface area contributed by atoms with Crippen LogP contribution in [-0.2, 0) is 5.60 Å². The first kappa shape index (κ1) is 13.0. The van der Waals surface area contributed by atoms with Gasteiger partial charge in [-0.15, -0.1) is 12.3 Å². The van der Waals surface area contributed by atoms with Gasteiger partial charge < -0.3 is 5.11 Å². The van der Waals surface area contributed by atoms with Gasteiger partial charge in [-0.3, -0.25) is 0 Å². The summed E-state index contributed by atoms with van der Waals surface area (Å²) in [5, 5.41) is 10.7. The third kappa shape index (κ3) is 2.35. The zero-order valence-electron chi connectivity index (χ0n) is 9.33. The first-order chi connectivity index (χ1) is 7.56. The Morgan fingerprint density at radius 2 is 2.19 bits per heavy atom. The molecule has 1 atom stereocenters. The van der Waals surface area contributed by atoms with Crippen LogP contribution in [-0.4, -0.2) is 5.11 Å². The second-order valence-electron chi connectivity index (χ2n) is 3.63. The molecule has 1 aromatic carbocycles. The molecular weight excluding hydrogens is 264 g/mol. The van der Waals surface area contributed by atoms with E-state index < -0.39 is 5.60 Å².